The summed E-state index contributed by atoms with van der Waals surface area (Å²) in [4.78, 5) is 4.07. The zero-order valence-corrected chi connectivity index (χ0v) is 12.2. The van der Waals surface area contributed by atoms with Crippen molar-refractivity contribution in [2.75, 3.05) is 0 Å². The summed E-state index contributed by atoms with van der Waals surface area (Å²) >= 11 is 0. The lowest BCUT2D eigenvalue weighted by Gasteiger charge is -2.31. The third-order valence-electron chi connectivity index (χ3n) is 3.74. The Hall–Kier alpha value is -1.86. The molecule has 0 spiro atoms. The molecular weight excluding hydrogens is 327 g/mol. The Labute approximate surface area is 127 Å². The number of hydrogen-bond donors (Lipinski definition) is 0. The summed E-state index contributed by atoms with van der Waals surface area (Å²) in [5.41, 5.74) is -6.29. The molecule has 0 unspecified atom stereocenters. The van der Waals surface area contributed by atoms with Gasteiger partial charge in [-0.1, -0.05) is 6.07 Å². The second-order valence-corrected chi connectivity index (χ2v) is 5.23. The third-order valence-corrected chi connectivity index (χ3v) is 3.74. The summed E-state index contributed by atoms with van der Waals surface area (Å²) in [6.45, 7) is 4.18. The molecular formula is C15H11F7N. The second-order valence-electron chi connectivity index (χ2n) is 5.23. The van der Waals surface area contributed by atoms with E-state index in [9.17, 15) is 30.7 Å². The normalized spacial score (nSPS) is 13.7. The highest BCUT2D eigenvalue weighted by Crippen LogP contribution is 2.54. The van der Waals surface area contributed by atoms with E-state index in [-0.39, 0.29) is 10.9 Å². The van der Waals surface area contributed by atoms with Gasteiger partial charge in [-0.15, -0.1) is 0 Å². The Morgan fingerprint density at radius 1 is 0.870 bits per heavy atom. The van der Waals surface area contributed by atoms with E-state index in [1.165, 1.54) is 0 Å². The van der Waals surface area contributed by atoms with Crippen molar-refractivity contribution in [1.29, 1.82) is 0 Å². The van der Waals surface area contributed by atoms with Crippen LogP contribution in [0, 0.1) is 26.8 Å². The van der Waals surface area contributed by atoms with Crippen LogP contribution in [-0.2, 0) is 5.67 Å². The van der Waals surface area contributed by atoms with Gasteiger partial charge >= 0.3 is 18.0 Å². The molecule has 0 aliphatic carbocycles. The molecule has 23 heavy (non-hydrogen) atoms. The number of aryl methyl sites for hydroxylation is 3. The number of rotatable bonds is 1. The summed E-state index contributed by atoms with van der Waals surface area (Å²) in [6, 6.07) is 4.10. The van der Waals surface area contributed by atoms with E-state index in [2.05, 4.69) is 11.1 Å². The molecule has 1 aromatic heterocycles. The second kappa shape index (κ2) is 5.07. The van der Waals surface area contributed by atoms with Crippen molar-refractivity contribution >= 4 is 10.9 Å². The first-order valence-corrected chi connectivity index (χ1v) is 6.43. The van der Waals surface area contributed by atoms with Crippen molar-refractivity contribution in [3.05, 3.63) is 40.6 Å². The Morgan fingerprint density at radius 3 is 1.87 bits per heavy atom. The molecule has 0 saturated heterocycles. The van der Waals surface area contributed by atoms with Crippen LogP contribution in [0.1, 0.15) is 22.4 Å². The predicted octanol–water partition coefficient (Wildman–Crippen LogP) is 5.25. The summed E-state index contributed by atoms with van der Waals surface area (Å²) in [5, 5.41) is -0.0684. The fourth-order valence-electron chi connectivity index (χ4n) is 2.33. The van der Waals surface area contributed by atoms with E-state index in [4.69, 9.17) is 0 Å². The molecule has 1 nitrogen and oxygen atoms in total. The summed E-state index contributed by atoms with van der Waals surface area (Å²) in [6.07, 6.45) is -12.3. The van der Waals surface area contributed by atoms with E-state index in [1.54, 1.807) is 13.8 Å². The topological polar surface area (TPSA) is 12.9 Å². The quantitative estimate of drug-likeness (QED) is 0.647. The molecule has 1 radical (unpaired) electrons. The lowest BCUT2D eigenvalue weighted by molar-refractivity contribution is -0.348. The van der Waals surface area contributed by atoms with E-state index in [0.29, 0.717) is 17.3 Å². The molecule has 0 aliphatic rings. The van der Waals surface area contributed by atoms with Gasteiger partial charge in [0.25, 0.3) is 0 Å². The number of halogens is 7. The molecule has 1 heterocycles. The van der Waals surface area contributed by atoms with Crippen molar-refractivity contribution in [2.24, 2.45) is 0 Å². The van der Waals surface area contributed by atoms with Crippen molar-refractivity contribution in [3.8, 4) is 0 Å². The SMILES string of the molecule is Cc1[c]c2c(C)c(C(F)(C(F)(F)F)C(F)(F)F)ccc2nc1C. The minimum Gasteiger partial charge on any atom is -0.253 e. The molecule has 8 heteroatoms. The summed E-state index contributed by atoms with van der Waals surface area (Å²) < 4.78 is 91.6. The van der Waals surface area contributed by atoms with Gasteiger partial charge in [-0.2, -0.15) is 26.3 Å². The van der Waals surface area contributed by atoms with Gasteiger partial charge in [0.15, 0.2) is 0 Å². The van der Waals surface area contributed by atoms with Crippen LogP contribution in [-0.4, -0.2) is 17.3 Å². The van der Waals surface area contributed by atoms with E-state index < -0.39 is 29.1 Å². The Bertz CT molecular complexity index is 745. The molecule has 125 valence electrons. The van der Waals surface area contributed by atoms with Gasteiger partial charge in [-0.05, 0) is 44.0 Å². The van der Waals surface area contributed by atoms with Crippen molar-refractivity contribution < 1.29 is 30.7 Å². The van der Waals surface area contributed by atoms with Crippen LogP contribution in [0.15, 0.2) is 12.1 Å². The maximum absolute atomic E-state index is 14.2. The molecule has 0 fully saturated rings. The van der Waals surface area contributed by atoms with Gasteiger partial charge in [0.1, 0.15) is 0 Å². The first-order valence-electron chi connectivity index (χ1n) is 6.43. The molecule has 2 rings (SSSR count). The van der Waals surface area contributed by atoms with Gasteiger partial charge in [0, 0.05) is 16.6 Å². The molecule has 0 atom stereocenters. The van der Waals surface area contributed by atoms with E-state index in [1.807, 2.05) is 0 Å². The number of aromatic nitrogens is 1. The fourth-order valence-corrected chi connectivity index (χ4v) is 2.33. The third kappa shape index (κ3) is 2.53. The van der Waals surface area contributed by atoms with E-state index in [0.717, 1.165) is 13.0 Å². The molecule has 1 aromatic carbocycles. The Kier molecular flexibility index (Phi) is 3.86. The van der Waals surface area contributed by atoms with Crippen LogP contribution < -0.4 is 0 Å². The van der Waals surface area contributed by atoms with Gasteiger partial charge in [-0.3, -0.25) is 4.98 Å². The zero-order valence-electron chi connectivity index (χ0n) is 12.2. The van der Waals surface area contributed by atoms with Gasteiger partial charge in [-0.25, -0.2) is 4.39 Å². The van der Waals surface area contributed by atoms with Crippen molar-refractivity contribution in [1.82, 2.24) is 4.98 Å². The first-order chi connectivity index (χ1) is 10.3. The number of pyridine rings is 1. The van der Waals surface area contributed by atoms with Crippen molar-refractivity contribution in [2.45, 2.75) is 38.8 Å². The standard InChI is InChI=1S/C15H11F7N/c1-7-6-10-8(2)11(4-5-12(10)23-9(7)3)13(16,14(17,18)19)15(20,21)22/h4-5H,1-3H3. The Balaban J connectivity index is 2.86. The fraction of sp³-hybridized carbons (Fsp3) is 0.400. The highest BCUT2D eigenvalue weighted by atomic mass is 19.4. The maximum Gasteiger partial charge on any atom is 0.435 e. The first kappa shape index (κ1) is 17.5. The summed E-state index contributed by atoms with van der Waals surface area (Å²) in [7, 11) is 0. The van der Waals surface area contributed by atoms with Crippen LogP contribution in [0.2, 0.25) is 0 Å². The molecule has 0 aliphatic heterocycles. The maximum atomic E-state index is 14.2. The van der Waals surface area contributed by atoms with Crippen LogP contribution in [0.25, 0.3) is 10.9 Å². The highest BCUT2D eigenvalue weighted by Gasteiger charge is 2.73. The van der Waals surface area contributed by atoms with Crippen LogP contribution in [0.3, 0.4) is 0 Å². The van der Waals surface area contributed by atoms with Gasteiger partial charge in [0.05, 0.1) is 5.52 Å². The molecule has 0 bridgehead atoms. The molecule has 0 N–H and O–H groups in total. The van der Waals surface area contributed by atoms with Gasteiger partial charge < -0.3 is 0 Å². The number of fused-ring (bicyclic) bond motifs is 1. The number of hydrogen-bond acceptors (Lipinski definition) is 1. The number of nitrogens with zero attached hydrogens (tertiary/aromatic N) is 1. The zero-order chi connectivity index (χ0) is 17.8. The largest absolute Gasteiger partial charge is 0.435 e. The molecule has 0 saturated carbocycles. The van der Waals surface area contributed by atoms with Crippen molar-refractivity contribution in [3.63, 3.8) is 0 Å². The lowest BCUT2D eigenvalue weighted by atomic mass is 9.88. The molecule has 2 aromatic rings. The average molecular weight is 338 g/mol. The minimum atomic E-state index is -6.14. The number of alkyl halides is 7. The van der Waals surface area contributed by atoms with E-state index >= 15 is 0 Å². The number of benzene rings is 1. The van der Waals surface area contributed by atoms with Gasteiger partial charge in [0.2, 0.25) is 0 Å². The summed E-state index contributed by atoms with van der Waals surface area (Å²) in [5.74, 6) is 0. The van der Waals surface area contributed by atoms with Crippen LogP contribution in [0.5, 0.6) is 0 Å². The minimum absolute atomic E-state index is 0.0684. The predicted molar refractivity (Wildman–Crippen MR) is 69.7 cm³/mol. The lowest BCUT2D eigenvalue weighted by Crippen LogP contribution is -2.50. The van der Waals surface area contributed by atoms with Crippen LogP contribution >= 0.6 is 0 Å². The molecule has 0 amide bonds. The smallest absolute Gasteiger partial charge is 0.253 e. The van der Waals surface area contributed by atoms with Crippen LogP contribution in [0.4, 0.5) is 30.7 Å². The highest BCUT2D eigenvalue weighted by molar-refractivity contribution is 5.84. The average Bonchev–Trinajstić information content (AvgIpc) is 2.38. The monoisotopic (exact) mass is 338 g/mol. The Morgan fingerprint density at radius 2 is 1.39 bits per heavy atom.